The molecule has 35 heavy (non-hydrogen) atoms. The number of nitrogens with two attached hydrogens (primary N) is 1. The van der Waals surface area contributed by atoms with Crippen LogP contribution in [0.25, 0.3) is 28.1 Å². The molecule has 0 fully saturated rings. The molecule has 3 aromatic heterocycles. The number of nitriles is 1. The predicted octanol–water partition coefficient (Wildman–Crippen LogP) is 4.19. The van der Waals surface area contributed by atoms with Crippen LogP contribution in [0.4, 0.5) is 10.8 Å². The van der Waals surface area contributed by atoms with Gasteiger partial charge in [-0.05, 0) is 42.0 Å². The Kier molecular flexibility index (Phi) is 4.90. The van der Waals surface area contributed by atoms with Gasteiger partial charge in [0, 0.05) is 12.0 Å². The van der Waals surface area contributed by atoms with Gasteiger partial charge in [-0.25, -0.2) is 14.6 Å². The van der Waals surface area contributed by atoms with E-state index in [1.54, 1.807) is 41.2 Å². The zero-order valence-corrected chi connectivity index (χ0v) is 19.0. The van der Waals surface area contributed by atoms with E-state index >= 15 is 0 Å². The Labute approximate surface area is 203 Å². The zero-order chi connectivity index (χ0) is 23.9. The second-order valence-electron chi connectivity index (χ2n) is 7.93. The number of nitrogens with one attached hydrogen (secondary N) is 1. The highest BCUT2D eigenvalue weighted by Gasteiger charge is 2.20. The Balaban J connectivity index is 1.51. The number of anilines is 2. The Morgan fingerprint density at radius 3 is 2.91 bits per heavy atom. The number of thiophene rings is 1. The summed E-state index contributed by atoms with van der Waals surface area (Å²) in [6.07, 6.45) is 2.46. The lowest BCUT2D eigenvalue weighted by Crippen LogP contribution is -2.12. The first-order valence-electron chi connectivity index (χ1n) is 10.8. The Morgan fingerprint density at radius 1 is 1.17 bits per heavy atom. The molecule has 0 saturated carbocycles. The van der Waals surface area contributed by atoms with E-state index in [0.29, 0.717) is 50.4 Å². The summed E-state index contributed by atoms with van der Waals surface area (Å²) in [5.74, 6) is 1.22. The van der Waals surface area contributed by atoms with Crippen LogP contribution in [-0.2, 0) is 6.42 Å². The molecule has 3 N–H and O–H groups in total. The maximum atomic E-state index is 12.9. The summed E-state index contributed by atoms with van der Waals surface area (Å²) in [6, 6.07) is 18.4. The van der Waals surface area contributed by atoms with E-state index in [4.69, 9.17) is 15.5 Å². The maximum absolute atomic E-state index is 12.9. The van der Waals surface area contributed by atoms with E-state index in [1.807, 2.05) is 24.3 Å². The minimum Gasteiger partial charge on any atom is -0.493 e. The highest BCUT2D eigenvalue weighted by Crippen LogP contribution is 2.32. The fourth-order valence-electron chi connectivity index (χ4n) is 3.98. The van der Waals surface area contributed by atoms with Crippen LogP contribution in [0.1, 0.15) is 20.8 Å². The van der Waals surface area contributed by atoms with Crippen molar-refractivity contribution in [3.8, 4) is 28.9 Å². The molecule has 5 aromatic rings. The average Bonchev–Trinajstić information content (AvgIpc) is 3.63. The average molecular weight is 480 g/mol. The first-order chi connectivity index (χ1) is 17.1. The molecule has 170 valence electrons. The van der Waals surface area contributed by atoms with Crippen molar-refractivity contribution >= 4 is 39.1 Å². The van der Waals surface area contributed by atoms with Gasteiger partial charge in [-0.2, -0.15) is 10.4 Å². The molecule has 10 heteroatoms. The zero-order valence-electron chi connectivity index (χ0n) is 18.2. The van der Waals surface area contributed by atoms with E-state index in [1.165, 1.54) is 11.3 Å². The van der Waals surface area contributed by atoms with E-state index < -0.39 is 0 Å². The standard InChI is InChI=1S/C25H17N7O2S/c26-12-14-2-1-3-17(10-14)32-24-18(13-28-32)23(31-25(33)20-6-7-21(27)35-20)29-22(30-24)16-5-4-15-8-9-34-19(15)11-16/h1-7,10-11,13H,8-9,27H2,(H,29,30,31,33). The van der Waals surface area contributed by atoms with Crippen molar-refractivity contribution in [2.45, 2.75) is 6.42 Å². The highest BCUT2D eigenvalue weighted by molar-refractivity contribution is 7.17. The number of benzene rings is 2. The first-order valence-corrected chi connectivity index (χ1v) is 11.6. The molecule has 0 aliphatic carbocycles. The summed E-state index contributed by atoms with van der Waals surface area (Å²) in [5.41, 5.74) is 9.35. The molecule has 0 spiro atoms. The third kappa shape index (κ3) is 3.74. The minimum absolute atomic E-state index is 0.325. The number of aromatic nitrogens is 4. The highest BCUT2D eigenvalue weighted by atomic mass is 32.1. The van der Waals surface area contributed by atoms with Crippen LogP contribution in [0, 0.1) is 11.3 Å². The van der Waals surface area contributed by atoms with Crippen LogP contribution in [0.2, 0.25) is 0 Å². The third-order valence-corrected chi connectivity index (χ3v) is 6.60. The van der Waals surface area contributed by atoms with Crippen LogP contribution in [-0.4, -0.2) is 32.3 Å². The Morgan fingerprint density at radius 2 is 2.09 bits per heavy atom. The van der Waals surface area contributed by atoms with Gasteiger partial charge in [0.2, 0.25) is 0 Å². The van der Waals surface area contributed by atoms with Gasteiger partial charge in [0.1, 0.15) is 11.6 Å². The molecule has 1 amide bonds. The Hall–Kier alpha value is -4.75. The number of amides is 1. The number of carbonyl (C=O) groups excluding carboxylic acids is 1. The third-order valence-electron chi connectivity index (χ3n) is 5.69. The summed E-state index contributed by atoms with van der Waals surface area (Å²) in [7, 11) is 0. The summed E-state index contributed by atoms with van der Waals surface area (Å²) in [4.78, 5) is 22.9. The molecular formula is C25H17N7O2S. The number of carbonyl (C=O) groups is 1. The van der Waals surface area contributed by atoms with Gasteiger partial charge in [-0.3, -0.25) is 4.79 Å². The fraction of sp³-hybridized carbons (Fsp3) is 0.0800. The molecule has 0 bridgehead atoms. The van der Waals surface area contributed by atoms with E-state index in [9.17, 15) is 10.1 Å². The maximum Gasteiger partial charge on any atom is 0.266 e. The van der Waals surface area contributed by atoms with Gasteiger partial charge in [0.05, 0.1) is 45.4 Å². The van der Waals surface area contributed by atoms with E-state index in [-0.39, 0.29) is 5.91 Å². The van der Waals surface area contributed by atoms with Crippen LogP contribution in [0.5, 0.6) is 5.75 Å². The van der Waals surface area contributed by atoms with Crippen molar-refractivity contribution in [3.05, 3.63) is 76.8 Å². The summed E-state index contributed by atoms with van der Waals surface area (Å²) >= 11 is 1.20. The van der Waals surface area contributed by atoms with E-state index in [2.05, 4.69) is 21.5 Å². The number of ether oxygens (including phenoxy) is 1. The minimum atomic E-state index is -0.325. The second-order valence-corrected chi connectivity index (χ2v) is 9.04. The summed E-state index contributed by atoms with van der Waals surface area (Å²) in [6.45, 7) is 0.645. The molecule has 0 atom stereocenters. The van der Waals surface area contributed by atoms with Crippen molar-refractivity contribution in [3.63, 3.8) is 0 Å². The predicted molar refractivity (Wildman–Crippen MR) is 133 cm³/mol. The lowest BCUT2D eigenvalue weighted by Gasteiger charge is -2.10. The van der Waals surface area contributed by atoms with Crippen molar-refractivity contribution in [2.24, 2.45) is 0 Å². The van der Waals surface area contributed by atoms with Gasteiger partial charge >= 0.3 is 0 Å². The SMILES string of the molecule is N#Cc1cccc(-n2ncc3c(NC(=O)c4ccc(N)s4)nc(-c4ccc5c(c4)OCC5)nc32)c1. The number of nitrogens with zero attached hydrogens (tertiary/aromatic N) is 5. The van der Waals surface area contributed by atoms with Crippen LogP contribution in [0.15, 0.2) is 60.8 Å². The number of hydrogen-bond acceptors (Lipinski definition) is 8. The molecule has 1 aliphatic heterocycles. The van der Waals surface area contributed by atoms with Crippen molar-refractivity contribution in [1.29, 1.82) is 5.26 Å². The van der Waals surface area contributed by atoms with Crippen LogP contribution < -0.4 is 15.8 Å². The number of fused-ring (bicyclic) bond motifs is 2. The second kappa shape index (κ2) is 8.23. The van der Waals surface area contributed by atoms with Gasteiger partial charge in [-0.1, -0.05) is 18.2 Å². The summed E-state index contributed by atoms with van der Waals surface area (Å²) in [5, 5.41) is 17.8. The first kappa shape index (κ1) is 20.8. The van der Waals surface area contributed by atoms with Crippen LogP contribution >= 0.6 is 11.3 Å². The smallest absolute Gasteiger partial charge is 0.266 e. The normalized spacial score (nSPS) is 12.2. The number of rotatable bonds is 4. The lowest BCUT2D eigenvalue weighted by atomic mass is 10.1. The molecule has 6 rings (SSSR count). The molecule has 2 aromatic carbocycles. The van der Waals surface area contributed by atoms with Gasteiger partial charge < -0.3 is 15.8 Å². The van der Waals surface area contributed by atoms with E-state index in [0.717, 1.165) is 23.3 Å². The molecule has 0 radical (unpaired) electrons. The molecular weight excluding hydrogens is 462 g/mol. The van der Waals surface area contributed by atoms with Gasteiger partial charge in [0.15, 0.2) is 11.5 Å². The van der Waals surface area contributed by atoms with Crippen molar-refractivity contribution in [2.75, 3.05) is 17.7 Å². The summed E-state index contributed by atoms with van der Waals surface area (Å²) < 4.78 is 7.35. The van der Waals surface area contributed by atoms with Crippen molar-refractivity contribution < 1.29 is 9.53 Å². The quantitative estimate of drug-likeness (QED) is 0.395. The lowest BCUT2D eigenvalue weighted by molar-refractivity contribution is 0.103. The van der Waals surface area contributed by atoms with Crippen molar-refractivity contribution in [1.82, 2.24) is 19.7 Å². The molecule has 0 saturated heterocycles. The topological polar surface area (TPSA) is 132 Å². The van der Waals surface area contributed by atoms with Gasteiger partial charge in [-0.15, -0.1) is 11.3 Å². The van der Waals surface area contributed by atoms with Crippen LogP contribution in [0.3, 0.4) is 0 Å². The number of hydrogen-bond donors (Lipinski definition) is 2. The largest absolute Gasteiger partial charge is 0.493 e. The monoisotopic (exact) mass is 479 g/mol. The number of nitrogen functional groups attached to an aromatic ring is 1. The molecule has 1 aliphatic rings. The molecule has 0 unspecified atom stereocenters. The van der Waals surface area contributed by atoms with Gasteiger partial charge in [0.25, 0.3) is 5.91 Å². The molecule has 9 nitrogen and oxygen atoms in total. The fourth-order valence-corrected chi connectivity index (χ4v) is 4.65. The Bertz CT molecular complexity index is 1660. The molecule has 4 heterocycles.